The van der Waals surface area contributed by atoms with E-state index in [9.17, 15) is 4.79 Å². The van der Waals surface area contributed by atoms with Gasteiger partial charge in [0.1, 0.15) is 10.6 Å². The van der Waals surface area contributed by atoms with E-state index >= 15 is 0 Å². The first-order chi connectivity index (χ1) is 13.2. The molecule has 1 fully saturated rings. The van der Waals surface area contributed by atoms with Crippen LogP contribution in [0.15, 0.2) is 24.5 Å². The number of carbonyl (C=O) groups excluding carboxylic acids is 1. The van der Waals surface area contributed by atoms with Crippen molar-refractivity contribution in [1.29, 1.82) is 0 Å². The number of aromatic nitrogens is 3. The molecule has 0 aliphatic heterocycles. The van der Waals surface area contributed by atoms with Gasteiger partial charge in [-0.3, -0.25) is 9.78 Å². The summed E-state index contributed by atoms with van der Waals surface area (Å²) in [5.74, 6) is 1.22. The normalized spacial score (nSPS) is 16.3. The number of nitrogens with zero attached hydrogens (tertiary/aromatic N) is 4. The summed E-state index contributed by atoms with van der Waals surface area (Å²) < 4.78 is 0. The van der Waals surface area contributed by atoms with Crippen LogP contribution >= 0.6 is 11.3 Å². The van der Waals surface area contributed by atoms with Crippen molar-refractivity contribution >= 4 is 33.3 Å². The summed E-state index contributed by atoms with van der Waals surface area (Å²) >= 11 is 1.78. The van der Waals surface area contributed by atoms with E-state index in [2.05, 4.69) is 9.88 Å². The monoisotopic (exact) mass is 379 g/mol. The molecule has 0 spiro atoms. The molecular formula is C20H21N5OS. The van der Waals surface area contributed by atoms with Crippen LogP contribution in [-0.2, 0) is 17.6 Å². The molecule has 5 rings (SSSR count). The molecule has 27 heavy (non-hydrogen) atoms. The lowest BCUT2D eigenvalue weighted by Gasteiger charge is -2.24. The van der Waals surface area contributed by atoms with Crippen molar-refractivity contribution in [3.63, 3.8) is 0 Å². The number of nitrogens with two attached hydrogens (primary N) is 1. The molecule has 7 heteroatoms. The van der Waals surface area contributed by atoms with Gasteiger partial charge in [-0.2, -0.15) is 0 Å². The number of fused-ring (bicyclic) bond motifs is 3. The van der Waals surface area contributed by atoms with Gasteiger partial charge in [-0.15, -0.1) is 11.3 Å². The standard InChI is InChI=1S/C20H21N5OS/c21-16(26)11-25(13-7-8-13)19-17-14-5-1-2-6-15(14)27-20(17)24-18(23-19)12-4-3-9-22-10-12/h3-4,9-10,13H,1-2,5-8,11H2,(H2,21,26). The van der Waals surface area contributed by atoms with E-state index in [1.54, 1.807) is 23.7 Å². The van der Waals surface area contributed by atoms with Crippen LogP contribution in [0.3, 0.4) is 0 Å². The highest BCUT2D eigenvalue weighted by Gasteiger charge is 2.34. The fraction of sp³-hybridized carbons (Fsp3) is 0.400. The number of carbonyl (C=O) groups is 1. The molecule has 3 aromatic heterocycles. The van der Waals surface area contributed by atoms with Gasteiger partial charge in [-0.25, -0.2) is 9.97 Å². The number of primary amides is 1. The molecular weight excluding hydrogens is 358 g/mol. The Labute approximate surface area is 161 Å². The number of pyridine rings is 1. The van der Waals surface area contributed by atoms with Crippen LogP contribution in [0.25, 0.3) is 21.6 Å². The SMILES string of the molecule is NC(=O)CN(c1nc(-c2cccnc2)nc2sc3c(c12)CCCC3)C1CC1. The third-order valence-electron chi connectivity index (χ3n) is 5.30. The maximum atomic E-state index is 11.8. The van der Waals surface area contributed by atoms with Gasteiger partial charge in [0.05, 0.1) is 11.9 Å². The van der Waals surface area contributed by atoms with Crippen molar-refractivity contribution in [1.82, 2.24) is 15.0 Å². The first-order valence-corrected chi connectivity index (χ1v) is 10.3. The van der Waals surface area contributed by atoms with E-state index in [0.717, 1.165) is 47.3 Å². The number of aryl methyl sites for hydroxylation is 2. The highest BCUT2D eigenvalue weighted by Crippen LogP contribution is 2.43. The van der Waals surface area contributed by atoms with Crippen molar-refractivity contribution in [2.45, 2.75) is 44.6 Å². The molecule has 0 aromatic carbocycles. The fourth-order valence-electron chi connectivity index (χ4n) is 3.90. The van der Waals surface area contributed by atoms with E-state index in [0.29, 0.717) is 11.9 Å². The van der Waals surface area contributed by atoms with Gasteiger partial charge in [0.25, 0.3) is 0 Å². The Balaban J connectivity index is 1.74. The van der Waals surface area contributed by atoms with Gasteiger partial charge in [0.15, 0.2) is 5.82 Å². The Morgan fingerprint density at radius 1 is 1.26 bits per heavy atom. The lowest BCUT2D eigenvalue weighted by Crippen LogP contribution is -2.36. The van der Waals surface area contributed by atoms with Crippen molar-refractivity contribution in [2.24, 2.45) is 5.73 Å². The van der Waals surface area contributed by atoms with Gasteiger partial charge in [-0.05, 0) is 56.2 Å². The third kappa shape index (κ3) is 3.06. The summed E-state index contributed by atoms with van der Waals surface area (Å²) in [7, 11) is 0. The molecule has 1 saturated carbocycles. The van der Waals surface area contributed by atoms with Crippen LogP contribution in [0.1, 0.15) is 36.1 Å². The van der Waals surface area contributed by atoms with Crippen LogP contribution < -0.4 is 10.6 Å². The quantitative estimate of drug-likeness (QED) is 0.736. The summed E-state index contributed by atoms with van der Waals surface area (Å²) in [4.78, 5) is 30.3. The zero-order chi connectivity index (χ0) is 18.4. The van der Waals surface area contributed by atoms with Crippen LogP contribution in [0.5, 0.6) is 0 Å². The van der Waals surface area contributed by atoms with Crippen LogP contribution in [0.4, 0.5) is 5.82 Å². The summed E-state index contributed by atoms with van der Waals surface area (Å²) in [6.45, 7) is 0.202. The average molecular weight is 379 g/mol. The topological polar surface area (TPSA) is 85.0 Å². The van der Waals surface area contributed by atoms with E-state index in [4.69, 9.17) is 15.7 Å². The zero-order valence-corrected chi connectivity index (χ0v) is 15.8. The lowest BCUT2D eigenvalue weighted by atomic mass is 9.97. The van der Waals surface area contributed by atoms with E-state index in [-0.39, 0.29) is 12.5 Å². The Morgan fingerprint density at radius 3 is 2.85 bits per heavy atom. The highest BCUT2D eigenvalue weighted by molar-refractivity contribution is 7.19. The number of amides is 1. The lowest BCUT2D eigenvalue weighted by molar-refractivity contribution is -0.116. The Kier molecular flexibility index (Phi) is 4.04. The molecule has 1 amide bonds. The first kappa shape index (κ1) is 16.6. The zero-order valence-electron chi connectivity index (χ0n) is 15.0. The average Bonchev–Trinajstić information content (AvgIpc) is 3.46. The smallest absolute Gasteiger partial charge is 0.237 e. The molecule has 0 atom stereocenters. The molecule has 6 nitrogen and oxygen atoms in total. The van der Waals surface area contributed by atoms with Crippen molar-refractivity contribution in [2.75, 3.05) is 11.4 Å². The number of anilines is 1. The largest absolute Gasteiger partial charge is 0.368 e. The number of thiophene rings is 1. The molecule has 138 valence electrons. The second-order valence-corrected chi connectivity index (χ2v) is 8.41. The van der Waals surface area contributed by atoms with E-state index in [1.807, 2.05) is 12.1 Å². The summed E-state index contributed by atoms with van der Waals surface area (Å²) in [5.41, 5.74) is 7.84. The number of hydrogen-bond acceptors (Lipinski definition) is 6. The van der Waals surface area contributed by atoms with Crippen molar-refractivity contribution in [3.8, 4) is 11.4 Å². The van der Waals surface area contributed by atoms with Crippen molar-refractivity contribution < 1.29 is 4.79 Å². The van der Waals surface area contributed by atoms with Gasteiger partial charge >= 0.3 is 0 Å². The maximum absolute atomic E-state index is 11.8. The van der Waals surface area contributed by atoms with Crippen LogP contribution in [0.2, 0.25) is 0 Å². The number of hydrogen-bond donors (Lipinski definition) is 1. The summed E-state index contributed by atoms with van der Waals surface area (Å²) in [6.07, 6.45) is 10.3. The molecule has 0 radical (unpaired) electrons. The second kappa shape index (κ2) is 6.56. The first-order valence-electron chi connectivity index (χ1n) is 9.48. The van der Waals surface area contributed by atoms with Crippen LogP contribution in [0, 0.1) is 0 Å². The van der Waals surface area contributed by atoms with Gasteiger partial charge in [0, 0.05) is 28.9 Å². The molecule has 3 heterocycles. The van der Waals surface area contributed by atoms with Gasteiger partial charge in [-0.1, -0.05) is 0 Å². The molecule has 2 N–H and O–H groups in total. The third-order valence-corrected chi connectivity index (χ3v) is 6.49. The molecule has 0 saturated heterocycles. The van der Waals surface area contributed by atoms with Crippen molar-refractivity contribution in [3.05, 3.63) is 35.0 Å². The Morgan fingerprint density at radius 2 is 2.11 bits per heavy atom. The maximum Gasteiger partial charge on any atom is 0.237 e. The molecule has 2 aliphatic carbocycles. The van der Waals surface area contributed by atoms with Gasteiger partial charge < -0.3 is 10.6 Å². The molecule has 0 bridgehead atoms. The second-order valence-electron chi connectivity index (χ2n) is 7.33. The van der Waals surface area contributed by atoms with E-state index < -0.39 is 0 Å². The molecule has 3 aromatic rings. The summed E-state index contributed by atoms with van der Waals surface area (Å²) in [5, 5.41) is 1.13. The predicted molar refractivity (Wildman–Crippen MR) is 107 cm³/mol. The Bertz CT molecular complexity index is 1010. The predicted octanol–water partition coefficient (Wildman–Crippen LogP) is 3.09. The van der Waals surface area contributed by atoms with Crippen LogP contribution in [-0.4, -0.2) is 33.4 Å². The molecule has 0 unspecified atom stereocenters. The minimum Gasteiger partial charge on any atom is -0.368 e. The number of rotatable bonds is 5. The molecule has 2 aliphatic rings. The summed E-state index contributed by atoms with van der Waals surface area (Å²) in [6, 6.07) is 4.21. The van der Waals surface area contributed by atoms with E-state index in [1.165, 1.54) is 23.3 Å². The Hall–Kier alpha value is -2.54. The van der Waals surface area contributed by atoms with Gasteiger partial charge in [0.2, 0.25) is 5.91 Å². The minimum absolute atomic E-state index is 0.202. The fourth-order valence-corrected chi connectivity index (χ4v) is 5.16. The minimum atomic E-state index is -0.319. The highest BCUT2D eigenvalue weighted by atomic mass is 32.1.